The second kappa shape index (κ2) is 4.32. The van der Waals surface area contributed by atoms with Gasteiger partial charge < -0.3 is 4.74 Å². The van der Waals surface area contributed by atoms with Gasteiger partial charge in [-0.3, -0.25) is 14.9 Å². The molecule has 1 aromatic rings. The van der Waals surface area contributed by atoms with Gasteiger partial charge in [-0.25, -0.2) is 4.39 Å². The van der Waals surface area contributed by atoms with E-state index in [1.165, 1.54) is 7.11 Å². The average molecular weight is 257 g/mol. The number of rotatable bonds is 2. The molecule has 0 bridgehead atoms. The van der Waals surface area contributed by atoms with E-state index in [4.69, 9.17) is 0 Å². The normalized spacial score (nSPS) is 17.4. The lowest BCUT2D eigenvalue weighted by atomic mass is 10.1. The molecule has 0 spiro atoms. The molecule has 0 radical (unpaired) electrons. The monoisotopic (exact) mass is 257 g/mol. The smallest absolute Gasteiger partial charge is 0.309 e. The van der Waals surface area contributed by atoms with Crippen molar-refractivity contribution in [3.05, 3.63) is 38.9 Å². The molecule has 0 aromatic heterocycles. The van der Waals surface area contributed by atoms with Crippen molar-refractivity contribution < 1.29 is 23.2 Å². The van der Waals surface area contributed by atoms with Gasteiger partial charge in [0.1, 0.15) is 5.82 Å². The van der Waals surface area contributed by atoms with Crippen LogP contribution in [0.2, 0.25) is 0 Å². The maximum absolute atomic E-state index is 13.8. The maximum atomic E-state index is 13.8. The third-order valence-electron chi connectivity index (χ3n) is 3.04. The van der Waals surface area contributed by atoms with Crippen LogP contribution in [-0.4, -0.2) is 18.0 Å². The van der Waals surface area contributed by atoms with Crippen molar-refractivity contribution in [2.75, 3.05) is 7.11 Å². The summed E-state index contributed by atoms with van der Waals surface area (Å²) in [6, 6.07) is 0.549. The van der Waals surface area contributed by atoms with Crippen LogP contribution in [0.4, 0.5) is 14.5 Å². The van der Waals surface area contributed by atoms with Crippen LogP contribution < -0.4 is 0 Å². The SMILES string of the molecule is COC(=O)C1Cc2c(F)cc([N+](=O)[O-])c(F)c2C1. The Morgan fingerprint density at radius 1 is 1.44 bits per heavy atom. The number of nitrogens with zero attached hydrogens (tertiary/aromatic N) is 1. The topological polar surface area (TPSA) is 69.4 Å². The lowest BCUT2D eigenvalue weighted by molar-refractivity contribution is -0.387. The van der Waals surface area contributed by atoms with Gasteiger partial charge in [0.05, 0.1) is 24.0 Å². The summed E-state index contributed by atoms with van der Waals surface area (Å²) in [6.45, 7) is 0. The zero-order valence-corrected chi connectivity index (χ0v) is 9.41. The highest BCUT2D eigenvalue weighted by molar-refractivity contribution is 5.74. The molecular formula is C11H9F2NO4. The molecule has 1 unspecified atom stereocenters. The number of esters is 1. The summed E-state index contributed by atoms with van der Waals surface area (Å²) in [7, 11) is 1.18. The summed E-state index contributed by atoms with van der Waals surface area (Å²) < 4.78 is 31.9. The lowest BCUT2D eigenvalue weighted by Gasteiger charge is -2.04. The second-order valence-corrected chi connectivity index (χ2v) is 4.03. The number of nitro benzene ring substituents is 1. The first-order chi connectivity index (χ1) is 8.45. The van der Waals surface area contributed by atoms with E-state index in [0.29, 0.717) is 6.07 Å². The molecule has 1 aliphatic carbocycles. The van der Waals surface area contributed by atoms with Crippen molar-refractivity contribution in [3.8, 4) is 0 Å². The molecule has 5 nitrogen and oxygen atoms in total. The van der Waals surface area contributed by atoms with E-state index in [-0.39, 0.29) is 24.0 Å². The van der Waals surface area contributed by atoms with Crippen LogP contribution in [0.5, 0.6) is 0 Å². The van der Waals surface area contributed by atoms with Crippen LogP contribution in [0.25, 0.3) is 0 Å². The standard InChI is InChI=1S/C11H9F2NO4/c1-18-11(15)5-2-6-7(3-5)10(13)9(14(16)17)4-8(6)12/h4-5H,2-3H2,1H3. The van der Waals surface area contributed by atoms with Gasteiger partial charge in [0.15, 0.2) is 0 Å². The predicted molar refractivity (Wildman–Crippen MR) is 55.9 cm³/mol. The van der Waals surface area contributed by atoms with Crippen LogP contribution in [-0.2, 0) is 22.4 Å². The molecule has 0 saturated heterocycles. The fourth-order valence-electron chi connectivity index (χ4n) is 2.17. The summed E-state index contributed by atoms with van der Waals surface area (Å²) in [4.78, 5) is 20.9. The number of halogens is 2. The fourth-order valence-corrected chi connectivity index (χ4v) is 2.17. The largest absolute Gasteiger partial charge is 0.469 e. The number of fused-ring (bicyclic) bond motifs is 1. The van der Waals surface area contributed by atoms with Crippen molar-refractivity contribution >= 4 is 11.7 Å². The number of hydrogen-bond acceptors (Lipinski definition) is 4. The quantitative estimate of drug-likeness (QED) is 0.460. The molecule has 0 amide bonds. The number of nitro groups is 1. The Hall–Kier alpha value is -2.05. The van der Waals surface area contributed by atoms with Crippen LogP contribution in [0.3, 0.4) is 0 Å². The average Bonchev–Trinajstić information content (AvgIpc) is 2.78. The van der Waals surface area contributed by atoms with Gasteiger partial charge in [0.2, 0.25) is 5.82 Å². The number of ether oxygens (including phenoxy) is 1. The first-order valence-electron chi connectivity index (χ1n) is 5.17. The summed E-state index contributed by atoms with van der Waals surface area (Å²) in [5.74, 6) is -3.18. The van der Waals surface area contributed by atoms with Crippen molar-refractivity contribution in [1.29, 1.82) is 0 Å². The molecule has 18 heavy (non-hydrogen) atoms. The molecule has 1 aromatic carbocycles. The zero-order chi connectivity index (χ0) is 13.4. The van der Waals surface area contributed by atoms with E-state index in [1.54, 1.807) is 0 Å². The second-order valence-electron chi connectivity index (χ2n) is 4.03. The highest BCUT2D eigenvalue weighted by Crippen LogP contribution is 2.35. The van der Waals surface area contributed by atoms with Crippen LogP contribution in [0.1, 0.15) is 11.1 Å². The summed E-state index contributed by atoms with van der Waals surface area (Å²) in [5, 5.41) is 10.6. The Kier molecular flexibility index (Phi) is 2.98. The van der Waals surface area contributed by atoms with Crippen molar-refractivity contribution in [2.45, 2.75) is 12.8 Å². The van der Waals surface area contributed by atoms with E-state index in [0.717, 1.165) is 0 Å². The van der Waals surface area contributed by atoms with E-state index < -0.39 is 34.1 Å². The third kappa shape index (κ3) is 1.81. The molecule has 0 heterocycles. The van der Waals surface area contributed by atoms with Gasteiger partial charge in [0, 0.05) is 5.56 Å². The summed E-state index contributed by atoms with van der Waals surface area (Å²) >= 11 is 0. The Morgan fingerprint density at radius 3 is 2.61 bits per heavy atom. The number of carbonyl (C=O) groups is 1. The van der Waals surface area contributed by atoms with Gasteiger partial charge in [-0.05, 0) is 18.4 Å². The first kappa shape index (κ1) is 12.4. The predicted octanol–water partition coefficient (Wildman–Crippen LogP) is 1.76. The van der Waals surface area contributed by atoms with Crippen LogP contribution in [0, 0.1) is 27.7 Å². The maximum Gasteiger partial charge on any atom is 0.309 e. The molecule has 0 N–H and O–H groups in total. The van der Waals surface area contributed by atoms with E-state index in [2.05, 4.69) is 4.74 Å². The Morgan fingerprint density at radius 2 is 2.06 bits per heavy atom. The van der Waals surface area contributed by atoms with E-state index >= 15 is 0 Å². The molecule has 0 fully saturated rings. The molecule has 0 saturated carbocycles. The summed E-state index contributed by atoms with van der Waals surface area (Å²) in [5.41, 5.74) is -0.984. The Balaban J connectivity index is 2.47. The number of carbonyl (C=O) groups excluding carboxylic acids is 1. The minimum atomic E-state index is -1.07. The minimum Gasteiger partial charge on any atom is -0.469 e. The molecule has 2 rings (SSSR count). The Labute approximate surface area is 101 Å². The molecular weight excluding hydrogens is 248 g/mol. The van der Waals surface area contributed by atoms with Gasteiger partial charge in [-0.15, -0.1) is 0 Å². The molecule has 1 aliphatic rings. The van der Waals surface area contributed by atoms with Gasteiger partial charge in [-0.2, -0.15) is 4.39 Å². The third-order valence-corrected chi connectivity index (χ3v) is 3.04. The zero-order valence-electron chi connectivity index (χ0n) is 9.41. The molecule has 96 valence electrons. The van der Waals surface area contributed by atoms with Crippen molar-refractivity contribution in [3.63, 3.8) is 0 Å². The lowest BCUT2D eigenvalue weighted by Crippen LogP contribution is -2.16. The number of methoxy groups -OCH3 is 1. The molecule has 1 atom stereocenters. The van der Waals surface area contributed by atoms with Crippen LogP contribution >= 0.6 is 0 Å². The minimum absolute atomic E-state index is 0.00273. The van der Waals surface area contributed by atoms with Crippen LogP contribution in [0.15, 0.2) is 6.07 Å². The Bertz CT molecular complexity index is 544. The van der Waals surface area contributed by atoms with Gasteiger partial charge >= 0.3 is 11.7 Å². The summed E-state index contributed by atoms with van der Waals surface area (Å²) in [6.07, 6.45) is -0.0742. The van der Waals surface area contributed by atoms with Gasteiger partial charge in [-0.1, -0.05) is 0 Å². The molecule has 0 aliphatic heterocycles. The number of benzene rings is 1. The van der Waals surface area contributed by atoms with Crippen molar-refractivity contribution in [1.82, 2.24) is 0 Å². The number of hydrogen-bond donors (Lipinski definition) is 0. The highest BCUT2D eigenvalue weighted by Gasteiger charge is 2.36. The van der Waals surface area contributed by atoms with Crippen molar-refractivity contribution in [2.24, 2.45) is 5.92 Å². The fraction of sp³-hybridized carbons (Fsp3) is 0.364. The highest BCUT2D eigenvalue weighted by atomic mass is 19.1. The van der Waals surface area contributed by atoms with Gasteiger partial charge in [0.25, 0.3) is 0 Å². The van der Waals surface area contributed by atoms with E-state index in [1.807, 2.05) is 0 Å². The molecule has 7 heteroatoms. The first-order valence-corrected chi connectivity index (χ1v) is 5.17. The van der Waals surface area contributed by atoms with E-state index in [9.17, 15) is 23.7 Å².